The van der Waals surface area contributed by atoms with Crippen LogP contribution < -0.4 is 0 Å². The van der Waals surface area contributed by atoms with Crippen molar-refractivity contribution in [1.29, 1.82) is 0 Å². The van der Waals surface area contributed by atoms with Crippen molar-refractivity contribution in [2.24, 2.45) is 17.3 Å². The van der Waals surface area contributed by atoms with E-state index < -0.39 is 0 Å². The van der Waals surface area contributed by atoms with Crippen molar-refractivity contribution in [2.75, 3.05) is 0 Å². The van der Waals surface area contributed by atoms with Crippen molar-refractivity contribution in [3.8, 4) is 11.3 Å². The van der Waals surface area contributed by atoms with Crippen LogP contribution in [0, 0.1) is 37.2 Å². The molecule has 1 fully saturated rings. The summed E-state index contributed by atoms with van der Waals surface area (Å²) in [4.78, 5) is 21.3. The molecule has 0 atom stereocenters. The zero-order valence-electron chi connectivity index (χ0n) is 29.2. The van der Waals surface area contributed by atoms with Crippen LogP contribution in [-0.4, -0.2) is 20.9 Å². The van der Waals surface area contributed by atoms with Gasteiger partial charge in [0.2, 0.25) is 0 Å². The van der Waals surface area contributed by atoms with E-state index in [4.69, 9.17) is 9.97 Å². The number of fused-ring (bicyclic) bond motifs is 3. The van der Waals surface area contributed by atoms with E-state index in [9.17, 15) is 9.90 Å². The summed E-state index contributed by atoms with van der Waals surface area (Å²) >= 11 is 0. The molecule has 249 valence electrons. The predicted octanol–water partition coefficient (Wildman–Crippen LogP) is 11.4. The van der Waals surface area contributed by atoms with Crippen LogP contribution in [-0.2, 0) is 24.9 Å². The van der Waals surface area contributed by atoms with Crippen LogP contribution >= 0.6 is 0 Å². The summed E-state index contributed by atoms with van der Waals surface area (Å²) in [6.07, 6.45) is 13.9. The van der Waals surface area contributed by atoms with Crippen molar-refractivity contribution in [1.82, 2.24) is 9.97 Å². The van der Waals surface area contributed by atoms with Crippen LogP contribution in [0.3, 0.4) is 0 Å². The molecule has 0 spiro atoms. The van der Waals surface area contributed by atoms with E-state index in [1.54, 1.807) is 0 Å². The number of hydrogen-bond donors (Lipinski definition) is 1. The fourth-order valence-corrected chi connectivity index (χ4v) is 6.96. The molecular formula is C41H53IrN2O2-. The molecule has 1 aliphatic rings. The van der Waals surface area contributed by atoms with Crippen molar-refractivity contribution < 1.29 is 30.0 Å². The van der Waals surface area contributed by atoms with Gasteiger partial charge in [-0.1, -0.05) is 67.5 Å². The van der Waals surface area contributed by atoms with Crippen molar-refractivity contribution in [3.05, 3.63) is 83.5 Å². The second-order valence-electron chi connectivity index (χ2n) is 13.8. The van der Waals surface area contributed by atoms with E-state index in [2.05, 4.69) is 70.2 Å². The van der Waals surface area contributed by atoms with E-state index >= 15 is 0 Å². The Kier molecular flexibility index (Phi) is 13.7. The van der Waals surface area contributed by atoms with Gasteiger partial charge in [0.1, 0.15) is 0 Å². The third-order valence-corrected chi connectivity index (χ3v) is 9.93. The molecule has 4 aromatic rings. The van der Waals surface area contributed by atoms with Gasteiger partial charge in [-0.05, 0) is 90.8 Å². The van der Waals surface area contributed by atoms with Crippen LogP contribution in [0.25, 0.3) is 32.8 Å². The van der Waals surface area contributed by atoms with E-state index in [0.717, 1.165) is 42.5 Å². The third kappa shape index (κ3) is 8.92. The maximum absolute atomic E-state index is 11.7. The second kappa shape index (κ2) is 16.8. The fourth-order valence-electron chi connectivity index (χ4n) is 6.96. The molecule has 5 rings (SSSR count). The van der Waals surface area contributed by atoms with Gasteiger partial charge in [-0.25, -0.2) is 0 Å². The summed E-state index contributed by atoms with van der Waals surface area (Å²) < 4.78 is 0. The zero-order chi connectivity index (χ0) is 32.7. The molecule has 46 heavy (non-hydrogen) atoms. The minimum Gasteiger partial charge on any atom is -0.512 e. The quantitative estimate of drug-likeness (QED) is 0.0793. The fraction of sp³-hybridized carbons (Fsp3) is 0.488. The number of hydrogen-bond acceptors (Lipinski definition) is 4. The minimum absolute atomic E-state index is 0. The van der Waals surface area contributed by atoms with Crippen LogP contribution in [0.4, 0.5) is 0 Å². The summed E-state index contributed by atoms with van der Waals surface area (Å²) in [5.41, 5.74) is 6.22. The molecule has 1 aliphatic carbocycles. The maximum Gasteiger partial charge on any atom is 0.162 e. The number of ketones is 1. The van der Waals surface area contributed by atoms with Crippen LogP contribution in [0.5, 0.6) is 0 Å². The average molecular weight is 798 g/mol. The van der Waals surface area contributed by atoms with Crippen molar-refractivity contribution in [3.63, 3.8) is 0 Å². The Morgan fingerprint density at radius 2 is 1.43 bits per heavy atom. The molecule has 0 saturated heterocycles. The number of pyridine rings is 2. The summed E-state index contributed by atoms with van der Waals surface area (Å²) in [6, 6.07) is 16.7. The van der Waals surface area contributed by atoms with Gasteiger partial charge in [0.05, 0.1) is 11.5 Å². The van der Waals surface area contributed by atoms with Crippen LogP contribution in [0.15, 0.2) is 60.6 Å². The molecule has 0 aliphatic heterocycles. The van der Waals surface area contributed by atoms with Crippen LogP contribution in [0.1, 0.15) is 116 Å². The average Bonchev–Trinajstić information content (AvgIpc) is 3.01. The number of carbonyl (C=O) groups excluding carboxylic acids is 1. The Morgan fingerprint density at radius 3 is 2.02 bits per heavy atom. The van der Waals surface area contributed by atoms with Gasteiger partial charge < -0.3 is 10.1 Å². The summed E-state index contributed by atoms with van der Waals surface area (Å²) in [7, 11) is 0. The Labute approximate surface area is 290 Å². The zero-order valence-corrected chi connectivity index (χ0v) is 31.6. The van der Waals surface area contributed by atoms with Crippen molar-refractivity contribution >= 4 is 27.3 Å². The molecule has 5 heteroatoms. The molecule has 1 saturated carbocycles. The SMILES string of the molecule is CCC(CC)C(=O)/C=C(\O)C(CC)CC.Cc1[c-]c(-c2nccc3c2ccc2c(C4CCC(C)(C)CC4)nccc23)cc(C)c1.[Ir]. The number of aliphatic hydroxyl groups is 1. The molecule has 1 N–H and O–H groups in total. The van der Waals surface area contributed by atoms with Crippen molar-refractivity contribution in [2.45, 2.75) is 113 Å². The summed E-state index contributed by atoms with van der Waals surface area (Å²) in [5, 5.41) is 14.8. The Balaban J connectivity index is 0.000000309. The molecule has 2 aromatic carbocycles. The van der Waals surface area contributed by atoms with E-state index in [-0.39, 0.29) is 43.5 Å². The number of allylic oxidation sites excluding steroid dienone is 2. The number of aliphatic hydroxyl groups excluding tert-OH is 1. The summed E-state index contributed by atoms with van der Waals surface area (Å²) in [5.74, 6) is 1.11. The first kappa shape index (κ1) is 37.6. The Bertz CT molecular complexity index is 1620. The Morgan fingerprint density at radius 1 is 0.870 bits per heavy atom. The predicted molar refractivity (Wildman–Crippen MR) is 190 cm³/mol. The number of carbonyl (C=O) groups is 1. The second-order valence-corrected chi connectivity index (χ2v) is 13.8. The first-order chi connectivity index (χ1) is 21.5. The van der Waals surface area contributed by atoms with Gasteiger partial charge in [0.15, 0.2) is 5.78 Å². The topological polar surface area (TPSA) is 63.1 Å². The number of aryl methyl sites for hydroxylation is 2. The molecule has 0 bridgehead atoms. The number of aromatic nitrogens is 2. The minimum atomic E-state index is 0. The van der Waals surface area contributed by atoms with Gasteiger partial charge in [-0.15, -0.1) is 34.9 Å². The van der Waals surface area contributed by atoms with Gasteiger partial charge in [0.25, 0.3) is 0 Å². The monoisotopic (exact) mass is 798 g/mol. The number of rotatable bonds is 9. The van der Waals surface area contributed by atoms with E-state index in [1.165, 1.54) is 64.6 Å². The number of nitrogens with zero attached hydrogens (tertiary/aromatic N) is 2. The molecule has 2 aromatic heterocycles. The normalized spacial score (nSPS) is 15.1. The Hall–Kier alpha value is -2.88. The molecule has 1 radical (unpaired) electrons. The van der Waals surface area contributed by atoms with Crippen LogP contribution in [0.2, 0.25) is 0 Å². The van der Waals surface area contributed by atoms with Gasteiger partial charge in [-0.3, -0.25) is 9.78 Å². The molecule has 0 unspecified atom stereocenters. The first-order valence-electron chi connectivity index (χ1n) is 17.1. The van der Waals surface area contributed by atoms with Gasteiger partial charge in [0, 0.05) is 61.7 Å². The number of benzene rings is 2. The molecule has 0 amide bonds. The molecule has 2 heterocycles. The maximum atomic E-state index is 11.7. The standard InChI is InChI=1S/C28H29N2.C13H24O2.Ir/c1-18-15-19(2)17-21(16-18)27-25-6-5-24-22(23(25)10-14-30-27)9-13-29-26(24)20-7-11-28(3,4)12-8-20;1-5-10(6-2)12(14)9-13(15)11(7-3)8-4;/h5-6,9-10,13-16,20H,7-8,11-12H2,1-4H3;9-11,14H,5-8H2,1-4H3;/q-1;;/b;12-9-;. The smallest absolute Gasteiger partial charge is 0.162 e. The van der Waals surface area contributed by atoms with Gasteiger partial charge >= 0.3 is 0 Å². The molecule has 4 nitrogen and oxygen atoms in total. The first-order valence-corrected chi connectivity index (χ1v) is 17.1. The van der Waals surface area contributed by atoms with Gasteiger partial charge in [-0.2, -0.15) is 0 Å². The third-order valence-electron chi connectivity index (χ3n) is 9.93. The molecular weight excluding hydrogens is 745 g/mol. The van der Waals surface area contributed by atoms with E-state index in [0.29, 0.717) is 11.3 Å². The summed E-state index contributed by atoms with van der Waals surface area (Å²) in [6.45, 7) is 17.1. The van der Waals surface area contributed by atoms with E-state index in [1.807, 2.05) is 40.1 Å². The largest absolute Gasteiger partial charge is 0.512 e.